The maximum atomic E-state index is 5.93. The Balaban J connectivity index is 1.84. The second-order valence-electron chi connectivity index (χ2n) is 8.18. The molecule has 152 valence electrons. The molecule has 0 fully saturated rings. The molecule has 0 saturated carbocycles. The van der Waals surface area contributed by atoms with Crippen LogP contribution in [0, 0.1) is 6.92 Å². The smallest absolute Gasteiger partial charge is 0.106 e. The van der Waals surface area contributed by atoms with Crippen LogP contribution < -0.4 is 5.73 Å². The van der Waals surface area contributed by atoms with Gasteiger partial charge in [-0.05, 0) is 20.3 Å². The predicted octanol–water partition coefficient (Wildman–Crippen LogP) is 7.15. The fourth-order valence-corrected chi connectivity index (χ4v) is 3.76. The predicted molar refractivity (Wildman–Crippen MR) is 115 cm³/mol. The number of aromatic nitrogens is 2. The van der Waals surface area contributed by atoms with Crippen molar-refractivity contribution in [2.45, 2.75) is 130 Å². The standard InChI is InChI=1S/C23H45N3/c1-4-5-6-7-8-9-10-11-12-13-14-15-16-17-18-19-22-25-21(3)23(26-22)20(2)24/h20H,4-19,24H2,1-3H3,(H,25,26). The molecule has 0 amide bonds. The van der Waals surface area contributed by atoms with Gasteiger partial charge in [0.25, 0.3) is 0 Å². The molecule has 0 bridgehead atoms. The molecule has 3 nitrogen and oxygen atoms in total. The molecular formula is C23H45N3. The van der Waals surface area contributed by atoms with Gasteiger partial charge >= 0.3 is 0 Å². The number of aromatic amines is 1. The van der Waals surface area contributed by atoms with Crippen molar-refractivity contribution in [2.24, 2.45) is 5.73 Å². The number of aryl methyl sites for hydroxylation is 2. The lowest BCUT2D eigenvalue weighted by Gasteiger charge is -2.03. The van der Waals surface area contributed by atoms with Gasteiger partial charge in [0, 0.05) is 18.2 Å². The van der Waals surface area contributed by atoms with Crippen LogP contribution in [0.2, 0.25) is 0 Å². The van der Waals surface area contributed by atoms with Gasteiger partial charge in [0.15, 0.2) is 0 Å². The molecule has 0 aliphatic heterocycles. The third-order valence-electron chi connectivity index (χ3n) is 5.42. The number of hydrogen-bond acceptors (Lipinski definition) is 2. The Bertz CT molecular complexity index is 437. The monoisotopic (exact) mass is 363 g/mol. The first kappa shape index (κ1) is 23.2. The van der Waals surface area contributed by atoms with E-state index in [2.05, 4.69) is 23.8 Å². The quantitative estimate of drug-likeness (QED) is 0.289. The zero-order chi connectivity index (χ0) is 19.0. The molecule has 0 aliphatic rings. The number of unbranched alkanes of at least 4 members (excludes halogenated alkanes) is 14. The highest BCUT2D eigenvalue weighted by molar-refractivity contribution is 5.16. The zero-order valence-electron chi connectivity index (χ0n) is 17.9. The third kappa shape index (κ3) is 11.0. The molecular weight excluding hydrogens is 318 g/mol. The van der Waals surface area contributed by atoms with E-state index >= 15 is 0 Å². The third-order valence-corrected chi connectivity index (χ3v) is 5.42. The van der Waals surface area contributed by atoms with Gasteiger partial charge in [-0.2, -0.15) is 0 Å². The Morgan fingerprint density at radius 2 is 1.19 bits per heavy atom. The molecule has 0 spiro atoms. The Morgan fingerprint density at radius 3 is 1.58 bits per heavy atom. The fraction of sp³-hybridized carbons (Fsp3) is 0.870. The minimum absolute atomic E-state index is 0.0288. The van der Waals surface area contributed by atoms with E-state index < -0.39 is 0 Å². The summed E-state index contributed by atoms with van der Waals surface area (Å²) in [6.07, 6.45) is 22.2. The largest absolute Gasteiger partial charge is 0.346 e. The van der Waals surface area contributed by atoms with Crippen molar-refractivity contribution < 1.29 is 0 Å². The maximum absolute atomic E-state index is 5.93. The Labute approximate surface area is 162 Å². The van der Waals surface area contributed by atoms with Gasteiger partial charge < -0.3 is 10.7 Å². The van der Waals surface area contributed by atoms with E-state index in [9.17, 15) is 0 Å². The van der Waals surface area contributed by atoms with E-state index in [1.54, 1.807) is 0 Å². The molecule has 1 unspecified atom stereocenters. The van der Waals surface area contributed by atoms with Crippen LogP contribution in [0.4, 0.5) is 0 Å². The molecule has 0 aromatic carbocycles. The lowest BCUT2D eigenvalue weighted by atomic mass is 10.0. The molecule has 1 heterocycles. The van der Waals surface area contributed by atoms with Gasteiger partial charge in [0.05, 0.1) is 5.69 Å². The average Bonchev–Trinajstić information content (AvgIpc) is 2.99. The highest BCUT2D eigenvalue weighted by Crippen LogP contribution is 2.16. The molecule has 3 heteroatoms. The van der Waals surface area contributed by atoms with Crippen molar-refractivity contribution in [3.8, 4) is 0 Å². The van der Waals surface area contributed by atoms with Crippen LogP contribution in [0.25, 0.3) is 0 Å². The number of imidazole rings is 1. The summed E-state index contributed by atoms with van der Waals surface area (Å²) in [5.74, 6) is 1.12. The second-order valence-corrected chi connectivity index (χ2v) is 8.18. The molecule has 3 N–H and O–H groups in total. The fourth-order valence-electron chi connectivity index (χ4n) is 3.76. The summed E-state index contributed by atoms with van der Waals surface area (Å²) in [4.78, 5) is 8.02. The van der Waals surface area contributed by atoms with Crippen LogP contribution in [0.3, 0.4) is 0 Å². The molecule has 0 radical (unpaired) electrons. The number of hydrogen-bond donors (Lipinski definition) is 2. The topological polar surface area (TPSA) is 54.7 Å². The molecule has 0 aliphatic carbocycles. The van der Waals surface area contributed by atoms with Crippen LogP contribution in [0.5, 0.6) is 0 Å². The summed E-state index contributed by atoms with van der Waals surface area (Å²) < 4.78 is 0. The highest BCUT2D eigenvalue weighted by Gasteiger charge is 2.09. The summed E-state index contributed by atoms with van der Waals surface area (Å²) >= 11 is 0. The van der Waals surface area contributed by atoms with Gasteiger partial charge in [-0.3, -0.25) is 0 Å². The van der Waals surface area contributed by atoms with E-state index in [4.69, 9.17) is 5.73 Å². The van der Waals surface area contributed by atoms with E-state index in [0.717, 1.165) is 23.6 Å². The van der Waals surface area contributed by atoms with Crippen LogP contribution in [0.15, 0.2) is 0 Å². The van der Waals surface area contributed by atoms with Crippen LogP contribution in [-0.2, 0) is 6.42 Å². The minimum Gasteiger partial charge on any atom is -0.346 e. The van der Waals surface area contributed by atoms with Gasteiger partial charge in [-0.1, -0.05) is 96.8 Å². The molecule has 0 saturated heterocycles. The Morgan fingerprint density at radius 1 is 0.769 bits per heavy atom. The first-order valence-electron chi connectivity index (χ1n) is 11.5. The molecule has 1 aromatic heterocycles. The second kappa shape index (κ2) is 15.2. The number of nitrogens with two attached hydrogens (primary N) is 1. The lowest BCUT2D eigenvalue weighted by Crippen LogP contribution is -2.06. The van der Waals surface area contributed by atoms with Crippen molar-refractivity contribution in [1.82, 2.24) is 9.97 Å². The zero-order valence-corrected chi connectivity index (χ0v) is 17.9. The number of nitrogens with one attached hydrogen (secondary N) is 1. The summed E-state index contributed by atoms with van der Waals surface area (Å²) in [6.45, 7) is 6.36. The molecule has 1 rings (SSSR count). The van der Waals surface area contributed by atoms with Gasteiger partial charge in [-0.15, -0.1) is 0 Å². The van der Waals surface area contributed by atoms with Gasteiger partial charge in [0.2, 0.25) is 0 Å². The lowest BCUT2D eigenvalue weighted by molar-refractivity contribution is 0.531. The summed E-state index contributed by atoms with van der Waals surface area (Å²) in [5, 5.41) is 0. The highest BCUT2D eigenvalue weighted by atomic mass is 15.0. The van der Waals surface area contributed by atoms with E-state index in [1.165, 1.54) is 96.3 Å². The number of nitrogens with zero attached hydrogens (tertiary/aromatic N) is 1. The number of rotatable bonds is 17. The molecule has 1 aromatic rings. The average molecular weight is 364 g/mol. The Hall–Kier alpha value is -0.830. The molecule has 1 atom stereocenters. The van der Waals surface area contributed by atoms with E-state index in [1.807, 2.05) is 6.92 Å². The maximum Gasteiger partial charge on any atom is 0.106 e. The van der Waals surface area contributed by atoms with Crippen LogP contribution in [-0.4, -0.2) is 9.97 Å². The van der Waals surface area contributed by atoms with Crippen molar-refractivity contribution in [1.29, 1.82) is 0 Å². The van der Waals surface area contributed by atoms with Crippen LogP contribution >= 0.6 is 0 Å². The van der Waals surface area contributed by atoms with Crippen LogP contribution in [0.1, 0.15) is 133 Å². The first-order valence-corrected chi connectivity index (χ1v) is 11.5. The van der Waals surface area contributed by atoms with Crippen molar-refractivity contribution in [2.75, 3.05) is 0 Å². The summed E-state index contributed by atoms with van der Waals surface area (Å²) in [5.41, 5.74) is 8.09. The minimum atomic E-state index is 0.0288. The normalized spacial score (nSPS) is 12.6. The van der Waals surface area contributed by atoms with E-state index in [-0.39, 0.29) is 6.04 Å². The van der Waals surface area contributed by atoms with Crippen molar-refractivity contribution in [3.63, 3.8) is 0 Å². The summed E-state index contributed by atoms with van der Waals surface area (Å²) in [7, 11) is 0. The van der Waals surface area contributed by atoms with Crippen molar-refractivity contribution in [3.05, 3.63) is 17.2 Å². The van der Waals surface area contributed by atoms with Gasteiger partial charge in [-0.25, -0.2) is 4.98 Å². The number of H-pyrrole nitrogens is 1. The SMILES string of the molecule is CCCCCCCCCCCCCCCCCc1nc(C(C)N)c(C)[nH]1. The van der Waals surface area contributed by atoms with Gasteiger partial charge in [0.1, 0.15) is 5.82 Å². The Kier molecular flexibility index (Phi) is 13.6. The van der Waals surface area contributed by atoms with Crippen molar-refractivity contribution >= 4 is 0 Å². The first-order chi connectivity index (χ1) is 12.6. The summed E-state index contributed by atoms with van der Waals surface area (Å²) in [6, 6.07) is 0.0288. The molecule has 26 heavy (non-hydrogen) atoms. The van der Waals surface area contributed by atoms with E-state index in [0.29, 0.717) is 0 Å².